The Bertz CT molecular complexity index is 841. The fourth-order valence-electron chi connectivity index (χ4n) is 2.10. The lowest BCUT2D eigenvalue weighted by atomic mass is 10.1. The highest BCUT2D eigenvalue weighted by molar-refractivity contribution is 5.96. The van der Waals surface area contributed by atoms with Crippen LogP contribution in [0.15, 0.2) is 36.4 Å². The molecule has 0 spiro atoms. The van der Waals surface area contributed by atoms with Crippen LogP contribution in [-0.2, 0) is 9.53 Å². The van der Waals surface area contributed by atoms with Gasteiger partial charge in [0.05, 0.1) is 17.2 Å². The van der Waals surface area contributed by atoms with Crippen LogP contribution >= 0.6 is 0 Å². The van der Waals surface area contributed by atoms with Gasteiger partial charge in [-0.2, -0.15) is 5.26 Å². The molecule has 0 unspecified atom stereocenters. The summed E-state index contributed by atoms with van der Waals surface area (Å²) in [7, 11) is 0. The van der Waals surface area contributed by atoms with Gasteiger partial charge in [0, 0.05) is 5.69 Å². The summed E-state index contributed by atoms with van der Waals surface area (Å²) < 4.78 is 18.5. The lowest BCUT2D eigenvalue weighted by Gasteiger charge is -2.10. The summed E-state index contributed by atoms with van der Waals surface area (Å²) in [5.74, 6) is -2.36. The summed E-state index contributed by atoms with van der Waals surface area (Å²) in [5.41, 5.74) is 2.33. The van der Waals surface area contributed by atoms with Crippen LogP contribution in [0.25, 0.3) is 0 Å². The maximum atomic E-state index is 13.7. The predicted octanol–water partition coefficient (Wildman–Crippen LogP) is 3.11. The van der Waals surface area contributed by atoms with Gasteiger partial charge in [0.25, 0.3) is 5.91 Å². The number of esters is 1. The van der Waals surface area contributed by atoms with E-state index in [1.54, 1.807) is 12.1 Å². The van der Waals surface area contributed by atoms with Gasteiger partial charge in [0.1, 0.15) is 5.82 Å². The molecule has 0 atom stereocenters. The van der Waals surface area contributed by atoms with Gasteiger partial charge < -0.3 is 10.1 Å². The predicted molar refractivity (Wildman–Crippen MR) is 85.9 cm³/mol. The van der Waals surface area contributed by atoms with E-state index in [0.717, 1.165) is 23.3 Å². The van der Waals surface area contributed by atoms with Crippen molar-refractivity contribution in [3.05, 3.63) is 64.5 Å². The number of nitriles is 1. The Labute approximate surface area is 138 Å². The minimum absolute atomic E-state index is 0.0941. The number of nitrogens with one attached hydrogen (secondary N) is 1. The number of carbonyl (C=O) groups is 2. The SMILES string of the molecule is Cc1ccc(NC(=O)COC(=O)c2ccc(C#N)cc2F)c(C)c1. The number of ether oxygens (including phenoxy) is 1. The number of aryl methyl sites for hydroxylation is 2. The smallest absolute Gasteiger partial charge is 0.341 e. The molecule has 0 heterocycles. The molecule has 2 aromatic rings. The topological polar surface area (TPSA) is 79.2 Å². The van der Waals surface area contributed by atoms with Crippen molar-refractivity contribution in [2.75, 3.05) is 11.9 Å². The van der Waals surface area contributed by atoms with Crippen LogP contribution in [0.4, 0.5) is 10.1 Å². The molecule has 2 aromatic carbocycles. The highest BCUT2D eigenvalue weighted by Crippen LogP contribution is 2.16. The minimum Gasteiger partial charge on any atom is -0.452 e. The van der Waals surface area contributed by atoms with Gasteiger partial charge in [-0.1, -0.05) is 17.7 Å². The van der Waals surface area contributed by atoms with Crippen molar-refractivity contribution in [2.24, 2.45) is 0 Å². The molecule has 5 nitrogen and oxygen atoms in total. The van der Waals surface area contributed by atoms with E-state index >= 15 is 0 Å². The number of amides is 1. The van der Waals surface area contributed by atoms with E-state index < -0.39 is 24.3 Å². The molecule has 2 rings (SSSR count). The number of halogens is 1. The Morgan fingerprint density at radius 2 is 1.96 bits per heavy atom. The van der Waals surface area contributed by atoms with E-state index in [9.17, 15) is 14.0 Å². The molecule has 0 aromatic heterocycles. The van der Waals surface area contributed by atoms with Crippen molar-refractivity contribution < 1.29 is 18.7 Å². The van der Waals surface area contributed by atoms with Crippen molar-refractivity contribution in [2.45, 2.75) is 13.8 Å². The monoisotopic (exact) mass is 326 g/mol. The normalized spacial score (nSPS) is 9.92. The zero-order valence-corrected chi connectivity index (χ0v) is 13.2. The maximum absolute atomic E-state index is 13.7. The van der Waals surface area contributed by atoms with E-state index in [1.165, 1.54) is 6.07 Å². The fourth-order valence-corrected chi connectivity index (χ4v) is 2.10. The average molecular weight is 326 g/mol. The second-order valence-corrected chi connectivity index (χ2v) is 5.25. The van der Waals surface area contributed by atoms with Crippen LogP contribution in [0.3, 0.4) is 0 Å². The van der Waals surface area contributed by atoms with Crippen molar-refractivity contribution >= 4 is 17.6 Å². The molecular weight excluding hydrogens is 311 g/mol. The number of nitrogens with zero attached hydrogens (tertiary/aromatic N) is 1. The van der Waals surface area contributed by atoms with Crippen LogP contribution < -0.4 is 5.32 Å². The summed E-state index contributed by atoms with van der Waals surface area (Å²) >= 11 is 0. The third-order valence-electron chi connectivity index (χ3n) is 3.31. The first kappa shape index (κ1) is 17.2. The molecule has 0 saturated heterocycles. The first-order valence-corrected chi connectivity index (χ1v) is 7.14. The lowest BCUT2D eigenvalue weighted by molar-refractivity contribution is -0.119. The summed E-state index contributed by atoms with van der Waals surface area (Å²) in [6.07, 6.45) is 0. The molecule has 0 aliphatic carbocycles. The van der Waals surface area contributed by atoms with E-state index in [4.69, 9.17) is 10.00 Å². The van der Waals surface area contributed by atoms with Gasteiger partial charge in [-0.15, -0.1) is 0 Å². The molecule has 0 aliphatic rings. The minimum atomic E-state index is -0.965. The quantitative estimate of drug-likeness (QED) is 0.876. The van der Waals surface area contributed by atoms with Crippen molar-refractivity contribution in [1.82, 2.24) is 0 Å². The highest BCUT2D eigenvalue weighted by Gasteiger charge is 2.15. The molecule has 0 saturated carbocycles. The Morgan fingerprint density at radius 1 is 1.21 bits per heavy atom. The number of rotatable bonds is 4. The second-order valence-electron chi connectivity index (χ2n) is 5.25. The summed E-state index contributed by atoms with van der Waals surface area (Å²) in [4.78, 5) is 23.7. The highest BCUT2D eigenvalue weighted by atomic mass is 19.1. The third kappa shape index (κ3) is 4.17. The molecule has 6 heteroatoms. The number of hydrogen-bond acceptors (Lipinski definition) is 4. The maximum Gasteiger partial charge on any atom is 0.341 e. The summed E-state index contributed by atoms with van der Waals surface area (Å²) in [5, 5.41) is 11.3. The molecular formula is C18H15FN2O3. The molecule has 122 valence electrons. The van der Waals surface area contributed by atoms with Crippen LogP contribution in [0.2, 0.25) is 0 Å². The van der Waals surface area contributed by atoms with E-state index in [-0.39, 0.29) is 11.1 Å². The van der Waals surface area contributed by atoms with Crippen molar-refractivity contribution in [1.29, 1.82) is 5.26 Å². The van der Waals surface area contributed by atoms with Gasteiger partial charge >= 0.3 is 5.97 Å². The zero-order chi connectivity index (χ0) is 17.7. The lowest BCUT2D eigenvalue weighted by Crippen LogP contribution is -2.21. The second kappa shape index (κ2) is 7.38. The van der Waals surface area contributed by atoms with Gasteiger partial charge in [0.15, 0.2) is 6.61 Å². The van der Waals surface area contributed by atoms with Crippen molar-refractivity contribution in [3.8, 4) is 6.07 Å². The van der Waals surface area contributed by atoms with Crippen LogP contribution in [0.1, 0.15) is 27.0 Å². The van der Waals surface area contributed by atoms with Crippen LogP contribution in [-0.4, -0.2) is 18.5 Å². The molecule has 0 radical (unpaired) electrons. The van der Waals surface area contributed by atoms with Crippen LogP contribution in [0, 0.1) is 31.0 Å². The van der Waals surface area contributed by atoms with E-state index in [2.05, 4.69) is 5.32 Å². The van der Waals surface area contributed by atoms with Gasteiger partial charge in [0.2, 0.25) is 0 Å². The zero-order valence-electron chi connectivity index (χ0n) is 13.2. The number of hydrogen-bond donors (Lipinski definition) is 1. The number of benzene rings is 2. The molecule has 1 amide bonds. The van der Waals surface area contributed by atoms with Gasteiger partial charge in [-0.05, 0) is 43.7 Å². The van der Waals surface area contributed by atoms with Gasteiger partial charge in [-0.25, -0.2) is 9.18 Å². The van der Waals surface area contributed by atoms with Crippen LogP contribution in [0.5, 0.6) is 0 Å². The Balaban J connectivity index is 1.96. The Kier molecular flexibility index (Phi) is 5.27. The summed E-state index contributed by atoms with van der Waals surface area (Å²) in [6, 6.07) is 10.7. The molecule has 24 heavy (non-hydrogen) atoms. The molecule has 1 N–H and O–H groups in total. The first-order chi connectivity index (χ1) is 11.4. The summed E-state index contributed by atoms with van der Waals surface area (Å²) in [6.45, 7) is 3.25. The van der Waals surface area contributed by atoms with Gasteiger partial charge in [-0.3, -0.25) is 4.79 Å². The number of anilines is 1. The molecule has 0 aliphatic heterocycles. The largest absolute Gasteiger partial charge is 0.452 e. The van der Waals surface area contributed by atoms with E-state index in [0.29, 0.717) is 5.69 Å². The molecule has 0 bridgehead atoms. The molecule has 0 fully saturated rings. The number of carbonyl (C=O) groups excluding carboxylic acids is 2. The Hall–Kier alpha value is -3.20. The Morgan fingerprint density at radius 3 is 2.58 bits per heavy atom. The standard InChI is InChI=1S/C18H15FN2O3/c1-11-3-6-16(12(2)7-11)21-17(22)10-24-18(23)14-5-4-13(9-20)8-15(14)19/h3-8H,10H2,1-2H3,(H,21,22). The first-order valence-electron chi connectivity index (χ1n) is 7.14. The average Bonchev–Trinajstić information content (AvgIpc) is 2.55. The van der Waals surface area contributed by atoms with Crippen molar-refractivity contribution in [3.63, 3.8) is 0 Å². The fraction of sp³-hybridized carbons (Fsp3) is 0.167. The van der Waals surface area contributed by atoms with E-state index in [1.807, 2.05) is 26.0 Å². The third-order valence-corrected chi connectivity index (χ3v) is 3.31.